The maximum atomic E-state index is 13.6. The fourth-order valence-corrected chi connectivity index (χ4v) is 3.06. The molecule has 0 aliphatic rings. The maximum absolute atomic E-state index is 13.6. The number of sulfonamides is 1. The van der Waals surface area contributed by atoms with Crippen LogP contribution in [0.3, 0.4) is 0 Å². The third kappa shape index (κ3) is 3.60. The molecule has 6 nitrogen and oxygen atoms in total. The van der Waals surface area contributed by atoms with Gasteiger partial charge in [-0.15, -0.1) is 5.10 Å². The van der Waals surface area contributed by atoms with Crippen LogP contribution in [0.15, 0.2) is 59.8 Å². The van der Waals surface area contributed by atoms with Gasteiger partial charge >= 0.3 is 0 Å². The zero-order chi connectivity index (χ0) is 17.2. The second kappa shape index (κ2) is 6.40. The summed E-state index contributed by atoms with van der Waals surface area (Å²) >= 11 is 0. The molecule has 24 heavy (non-hydrogen) atoms. The Balaban J connectivity index is 1.76. The highest BCUT2D eigenvalue weighted by Gasteiger charge is 2.16. The molecule has 124 valence electrons. The first kappa shape index (κ1) is 16.1. The summed E-state index contributed by atoms with van der Waals surface area (Å²) in [6.07, 6.45) is 1.35. The fraction of sp³-hybridized carbons (Fsp3) is 0.125. The van der Waals surface area contributed by atoms with Crippen LogP contribution >= 0.6 is 0 Å². The van der Waals surface area contributed by atoms with Crippen LogP contribution in [0.1, 0.15) is 11.1 Å². The van der Waals surface area contributed by atoms with E-state index in [0.29, 0.717) is 5.56 Å². The summed E-state index contributed by atoms with van der Waals surface area (Å²) in [6, 6.07) is 12.7. The minimum atomic E-state index is -3.76. The first-order chi connectivity index (χ1) is 11.4. The molecule has 0 aliphatic carbocycles. The lowest BCUT2D eigenvalue weighted by molar-refractivity contribution is 0.584. The number of anilines is 1. The third-order valence-corrected chi connectivity index (χ3v) is 4.73. The molecule has 0 amide bonds. The minimum Gasteiger partial charge on any atom is -0.246 e. The summed E-state index contributed by atoms with van der Waals surface area (Å²) < 4.78 is 41.9. The first-order valence-electron chi connectivity index (χ1n) is 7.16. The molecule has 2 aromatic carbocycles. The monoisotopic (exact) mass is 346 g/mol. The average molecular weight is 346 g/mol. The summed E-state index contributed by atoms with van der Waals surface area (Å²) in [5.74, 6) is -0.415. The summed E-state index contributed by atoms with van der Waals surface area (Å²) in [4.78, 5) is 4.03. The first-order valence-corrected chi connectivity index (χ1v) is 8.65. The van der Waals surface area contributed by atoms with E-state index >= 15 is 0 Å². The molecule has 0 atom stereocenters. The van der Waals surface area contributed by atoms with Crippen LogP contribution in [0.2, 0.25) is 0 Å². The molecule has 0 saturated heterocycles. The lowest BCUT2D eigenvalue weighted by Gasteiger charge is -2.05. The number of benzene rings is 2. The molecule has 8 heteroatoms. The number of aromatic nitrogens is 3. The van der Waals surface area contributed by atoms with Crippen molar-refractivity contribution in [3.05, 3.63) is 71.8 Å². The van der Waals surface area contributed by atoms with Gasteiger partial charge in [0, 0.05) is 5.56 Å². The molecule has 1 N–H and O–H groups in total. The Labute approximate surface area is 139 Å². The largest absolute Gasteiger partial charge is 0.264 e. The fourth-order valence-electron chi connectivity index (χ4n) is 2.12. The minimum absolute atomic E-state index is 0.0630. The molecule has 0 spiro atoms. The van der Waals surface area contributed by atoms with Crippen LogP contribution in [0.4, 0.5) is 10.3 Å². The molecule has 0 saturated carbocycles. The van der Waals surface area contributed by atoms with Gasteiger partial charge < -0.3 is 0 Å². The quantitative estimate of drug-likeness (QED) is 0.770. The average Bonchev–Trinajstić information content (AvgIpc) is 2.96. The van der Waals surface area contributed by atoms with Crippen molar-refractivity contribution < 1.29 is 12.8 Å². The molecule has 1 aromatic heterocycles. The molecule has 0 bridgehead atoms. The summed E-state index contributed by atoms with van der Waals surface area (Å²) in [7, 11) is -3.76. The van der Waals surface area contributed by atoms with E-state index in [0.717, 1.165) is 5.56 Å². The molecule has 0 fully saturated rings. The zero-order valence-corrected chi connectivity index (χ0v) is 13.7. The van der Waals surface area contributed by atoms with Gasteiger partial charge in [0.05, 0.1) is 11.4 Å². The van der Waals surface area contributed by atoms with E-state index < -0.39 is 10.0 Å². The van der Waals surface area contributed by atoms with E-state index in [1.165, 1.54) is 29.2 Å². The highest BCUT2D eigenvalue weighted by atomic mass is 32.2. The molecule has 3 aromatic rings. The second-order valence-electron chi connectivity index (χ2n) is 5.28. The van der Waals surface area contributed by atoms with E-state index in [1.807, 2.05) is 6.92 Å². The van der Waals surface area contributed by atoms with E-state index in [9.17, 15) is 12.8 Å². The van der Waals surface area contributed by atoms with Crippen molar-refractivity contribution in [1.82, 2.24) is 14.8 Å². The van der Waals surface area contributed by atoms with Gasteiger partial charge in [-0.3, -0.25) is 0 Å². The summed E-state index contributed by atoms with van der Waals surface area (Å²) in [5, 5.41) is 4.02. The van der Waals surface area contributed by atoms with Crippen molar-refractivity contribution in [2.45, 2.75) is 18.4 Å². The van der Waals surface area contributed by atoms with Crippen molar-refractivity contribution in [3.63, 3.8) is 0 Å². The van der Waals surface area contributed by atoms with Gasteiger partial charge in [0.1, 0.15) is 12.1 Å². The number of hydrogen-bond donors (Lipinski definition) is 1. The third-order valence-electron chi connectivity index (χ3n) is 3.38. The van der Waals surface area contributed by atoms with E-state index in [4.69, 9.17) is 0 Å². The number of nitrogens with zero attached hydrogens (tertiary/aromatic N) is 3. The van der Waals surface area contributed by atoms with Crippen LogP contribution in [0.25, 0.3) is 0 Å². The van der Waals surface area contributed by atoms with E-state index in [-0.39, 0.29) is 23.2 Å². The lowest BCUT2D eigenvalue weighted by atomic mass is 10.2. The van der Waals surface area contributed by atoms with Crippen molar-refractivity contribution >= 4 is 16.0 Å². The lowest BCUT2D eigenvalue weighted by Crippen LogP contribution is -2.14. The van der Waals surface area contributed by atoms with Crippen molar-refractivity contribution in [3.8, 4) is 0 Å². The zero-order valence-electron chi connectivity index (χ0n) is 12.8. The van der Waals surface area contributed by atoms with Crippen molar-refractivity contribution in [1.29, 1.82) is 0 Å². The maximum Gasteiger partial charge on any atom is 0.264 e. The Morgan fingerprint density at radius 3 is 2.54 bits per heavy atom. The second-order valence-corrected chi connectivity index (χ2v) is 6.96. The Morgan fingerprint density at radius 1 is 1.12 bits per heavy atom. The molecular formula is C16H15FN4O2S. The van der Waals surface area contributed by atoms with Gasteiger partial charge in [-0.1, -0.05) is 35.9 Å². The highest BCUT2D eigenvalue weighted by Crippen LogP contribution is 2.14. The molecular weight excluding hydrogens is 331 g/mol. The molecule has 3 rings (SSSR count). The number of rotatable bonds is 5. The number of aryl methyl sites for hydroxylation is 1. The smallest absolute Gasteiger partial charge is 0.246 e. The van der Waals surface area contributed by atoms with Gasteiger partial charge in [-0.25, -0.2) is 22.2 Å². The van der Waals surface area contributed by atoms with Crippen molar-refractivity contribution in [2.24, 2.45) is 0 Å². The highest BCUT2D eigenvalue weighted by molar-refractivity contribution is 7.92. The SMILES string of the molecule is Cc1ccc(S(=O)(=O)Nc2ncn(Cc3ccccc3F)n2)cc1. The van der Waals surface area contributed by atoms with Crippen LogP contribution in [-0.4, -0.2) is 23.2 Å². The Morgan fingerprint density at radius 2 is 1.83 bits per heavy atom. The van der Waals surface area contributed by atoms with Crippen molar-refractivity contribution in [2.75, 3.05) is 4.72 Å². The summed E-state index contributed by atoms with van der Waals surface area (Å²) in [5.41, 5.74) is 1.40. The predicted octanol–water partition coefficient (Wildman–Crippen LogP) is 2.57. The van der Waals surface area contributed by atoms with Gasteiger partial charge in [-0.2, -0.15) is 4.98 Å². The Bertz CT molecular complexity index is 952. The van der Waals surface area contributed by atoms with Gasteiger partial charge in [0.15, 0.2) is 0 Å². The molecule has 0 radical (unpaired) electrons. The Kier molecular flexibility index (Phi) is 4.30. The van der Waals surface area contributed by atoms with Gasteiger partial charge in [0.25, 0.3) is 16.0 Å². The molecule has 0 aliphatic heterocycles. The predicted molar refractivity (Wildman–Crippen MR) is 87.5 cm³/mol. The summed E-state index contributed by atoms with van der Waals surface area (Å²) in [6.45, 7) is 2.03. The van der Waals surface area contributed by atoms with E-state index in [2.05, 4.69) is 14.8 Å². The topological polar surface area (TPSA) is 76.9 Å². The van der Waals surface area contributed by atoms with Crippen LogP contribution in [0.5, 0.6) is 0 Å². The number of halogens is 1. The number of hydrogen-bond acceptors (Lipinski definition) is 4. The Hall–Kier alpha value is -2.74. The van der Waals surface area contributed by atoms with E-state index in [1.54, 1.807) is 30.3 Å². The molecule has 1 heterocycles. The van der Waals surface area contributed by atoms with Crippen LogP contribution < -0.4 is 4.72 Å². The number of nitrogens with one attached hydrogen (secondary N) is 1. The van der Waals surface area contributed by atoms with Gasteiger partial charge in [0.2, 0.25) is 0 Å². The normalized spacial score (nSPS) is 11.4. The van der Waals surface area contributed by atoms with Crippen LogP contribution in [-0.2, 0) is 16.6 Å². The van der Waals surface area contributed by atoms with Gasteiger partial charge in [-0.05, 0) is 25.1 Å². The molecule has 0 unspecified atom stereocenters. The van der Waals surface area contributed by atoms with Crippen LogP contribution in [0, 0.1) is 12.7 Å². The standard InChI is InChI=1S/C16H15FN4O2S/c1-12-6-8-14(9-7-12)24(22,23)20-16-18-11-21(19-16)10-13-4-2-3-5-15(13)17/h2-9,11H,10H2,1H3,(H,19,20).